The first-order chi connectivity index (χ1) is 19.3. The number of hydrogen-bond donors (Lipinski definition) is 1. The molecular weight excluding hydrogens is 526 g/mol. The topological polar surface area (TPSA) is 77.2 Å². The maximum Gasteiger partial charge on any atom is 0.416 e. The van der Waals surface area contributed by atoms with Crippen molar-refractivity contribution in [1.82, 2.24) is 14.8 Å². The minimum Gasteiger partial charge on any atom is -0.483 e. The van der Waals surface area contributed by atoms with Crippen LogP contribution in [0.5, 0.6) is 5.88 Å². The van der Waals surface area contributed by atoms with Gasteiger partial charge in [0.05, 0.1) is 11.6 Å². The average Bonchev–Trinajstić information content (AvgIpc) is 3.25. The number of carboxylic acid groups (broad SMARTS) is 1. The number of nitrogens with zero attached hydrogens (tertiary/aromatic N) is 3. The summed E-state index contributed by atoms with van der Waals surface area (Å²) in [6.07, 6.45) is 3.34. The summed E-state index contributed by atoms with van der Waals surface area (Å²) >= 11 is 0. The molecule has 206 valence electrons. The molecule has 0 bridgehead atoms. The molecule has 10 heteroatoms. The first-order valence-electron chi connectivity index (χ1n) is 13.0. The van der Waals surface area contributed by atoms with E-state index in [1.807, 2.05) is 12.3 Å². The smallest absolute Gasteiger partial charge is 0.416 e. The number of carbonyl (C=O) groups is 1. The van der Waals surface area contributed by atoms with Crippen LogP contribution in [0, 0.1) is 11.7 Å². The summed E-state index contributed by atoms with van der Waals surface area (Å²) in [7, 11) is 0. The van der Waals surface area contributed by atoms with Gasteiger partial charge in [-0.3, -0.25) is 9.48 Å². The van der Waals surface area contributed by atoms with Gasteiger partial charge in [-0.2, -0.15) is 18.3 Å². The van der Waals surface area contributed by atoms with E-state index >= 15 is 4.39 Å². The van der Waals surface area contributed by atoms with E-state index in [2.05, 4.69) is 10.1 Å². The molecule has 40 heavy (non-hydrogen) atoms. The normalized spacial score (nSPS) is 22.0. The third-order valence-electron chi connectivity index (χ3n) is 8.11. The van der Waals surface area contributed by atoms with Gasteiger partial charge in [0.15, 0.2) is 0 Å². The molecule has 1 fully saturated rings. The largest absolute Gasteiger partial charge is 0.483 e. The van der Waals surface area contributed by atoms with Crippen LogP contribution in [-0.4, -0.2) is 26.3 Å². The predicted octanol–water partition coefficient (Wildman–Crippen LogP) is 6.50. The number of benzene rings is 2. The molecule has 3 aliphatic carbocycles. The maximum atomic E-state index is 15.3. The minimum atomic E-state index is -4.49. The lowest BCUT2D eigenvalue weighted by atomic mass is 9.88. The Morgan fingerprint density at radius 1 is 1.05 bits per heavy atom. The lowest BCUT2D eigenvalue weighted by Crippen LogP contribution is -2.12. The van der Waals surface area contributed by atoms with Gasteiger partial charge in [-0.05, 0) is 83.2 Å². The minimum absolute atomic E-state index is 0.0577. The highest BCUT2D eigenvalue weighted by Gasteiger charge is 2.45. The van der Waals surface area contributed by atoms with Crippen molar-refractivity contribution in [3.05, 3.63) is 112 Å². The van der Waals surface area contributed by atoms with E-state index in [1.165, 1.54) is 35.7 Å². The zero-order valence-electron chi connectivity index (χ0n) is 21.2. The summed E-state index contributed by atoms with van der Waals surface area (Å²) in [6.45, 7) is -0.308. The van der Waals surface area contributed by atoms with E-state index in [1.54, 1.807) is 35.3 Å². The van der Waals surface area contributed by atoms with Crippen molar-refractivity contribution in [3.8, 4) is 5.88 Å². The number of hydrogen-bond acceptors (Lipinski definition) is 4. The molecule has 0 saturated heterocycles. The van der Waals surface area contributed by atoms with Crippen LogP contribution in [0.1, 0.15) is 69.7 Å². The number of halogens is 4. The van der Waals surface area contributed by atoms with Crippen molar-refractivity contribution >= 4 is 6.47 Å². The molecule has 2 heterocycles. The molecule has 4 unspecified atom stereocenters. The molecule has 1 N–H and O–H groups in total. The van der Waals surface area contributed by atoms with Gasteiger partial charge in [0.2, 0.25) is 5.88 Å². The first-order valence-corrected chi connectivity index (χ1v) is 13.0. The molecular formula is C30H25F4N3O3. The zero-order valence-corrected chi connectivity index (χ0v) is 21.2. The van der Waals surface area contributed by atoms with E-state index in [0.29, 0.717) is 34.9 Å². The second-order valence-corrected chi connectivity index (χ2v) is 10.4. The number of pyridine rings is 1. The Kier molecular flexibility index (Phi) is 6.56. The Morgan fingerprint density at radius 3 is 2.60 bits per heavy atom. The molecule has 4 aromatic rings. The Hall–Kier alpha value is -4.21. The molecule has 6 nitrogen and oxygen atoms in total. The maximum absolute atomic E-state index is 15.3. The molecule has 0 radical (unpaired) electrons. The Bertz CT molecular complexity index is 1550. The summed E-state index contributed by atoms with van der Waals surface area (Å²) in [5.74, 6) is 0.771. The van der Waals surface area contributed by atoms with Gasteiger partial charge < -0.3 is 9.84 Å². The van der Waals surface area contributed by atoms with E-state index in [9.17, 15) is 13.2 Å². The highest BCUT2D eigenvalue weighted by Crippen LogP contribution is 2.56. The molecule has 0 spiro atoms. The SMILES string of the molecule is Fc1cc2c(cc1COc1cc3c(cn1)C1CC1C3)C(c1ccccc1C(F)(F)F)CC2n1cccn1.O=CO. The second kappa shape index (κ2) is 10.1. The lowest BCUT2D eigenvalue weighted by Gasteiger charge is -2.19. The molecule has 1 saturated carbocycles. The zero-order chi connectivity index (χ0) is 28.0. The van der Waals surface area contributed by atoms with E-state index in [4.69, 9.17) is 14.6 Å². The van der Waals surface area contributed by atoms with Crippen LogP contribution in [0.4, 0.5) is 17.6 Å². The van der Waals surface area contributed by atoms with Crippen LogP contribution in [0.25, 0.3) is 0 Å². The summed E-state index contributed by atoms with van der Waals surface area (Å²) in [5, 5.41) is 11.2. The van der Waals surface area contributed by atoms with Crippen molar-refractivity contribution in [1.29, 1.82) is 0 Å². The van der Waals surface area contributed by atoms with Crippen LogP contribution < -0.4 is 4.74 Å². The van der Waals surface area contributed by atoms with Gasteiger partial charge in [0.25, 0.3) is 6.47 Å². The van der Waals surface area contributed by atoms with Gasteiger partial charge in [0, 0.05) is 36.1 Å². The van der Waals surface area contributed by atoms with Gasteiger partial charge in [-0.15, -0.1) is 0 Å². The summed E-state index contributed by atoms with van der Waals surface area (Å²) in [6, 6.07) is 12.0. The molecule has 0 aliphatic heterocycles. The van der Waals surface area contributed by atoms with Gasteiger partial charge >= 0.3 is 6.18 Å². The van der Waals surface area contributed by atoms with E-state index in [0.717, 1.165) is 18.4 Å². The second-order valence-electron chi connectivity index (χ2n) is 10.4. The summed E-state index contributed by atoms with van der Waals surface area (Å²) < 4.78 is 64.6. The fourth-order valence-electron chi connectivity index (χ4n) is 6.26. The summed E-state index contributed by atoms with van der Waals surface area (Å²) in [5.41, 5.74) is 3.64. The van der Waals surface area contributed by atoms with Crippen LogP contribution >= 0.6 is 0 Å². The van der Waals surface area contributed by atoms with E-state index in [-0.39, 0.29) is 24.7 Å². The molecule has 3 aliphatic rings. The molecule has 0 amide bonds. The monoisotopic (exact) mass is 551 g/mol. The van der Waals surface area contributed by atoms with Gasteiger partial charge in [-0.1, -0.05) is 18.2 Å². The first kappa shape index (κ1) is 26.0. The van der Waals surface area contributed by atoms with Crippen LogP contribution in [0.2, 0.25) is 0 Å². The lowest BCUT2D eigenvalue weighted by molar-refractivity contribution is -0.138. The molecule has 7 rings (SSSR count). The Balaban J connectivity index is 0.000000925. The number of alkyl halides is 3. The number of ether oxygens (including phenoxy) is 1. The Morgan fingerprint density at radius 2 is 1.85 bits per heavy atom. The van der Waals surface area contributed by atoms with Crippen LogP contribution in [-0.2, 0) is 24.0 Å². The van der Waals surface area contributed by atoms with Crippen LogP contribution in [0.15, 0.2) is 67.1 Å². The van der Waals surface area contributed by atoms with Crippen molar-refractivity contribution < 1.29 is 32.2 Å². The average molecular weight is 552 g/mol. The standard InChI is InChI=1S/C29H23F4N3O.CH2O2/c30-26-12-23-21(10-18(26)15-37-28-11-17-8-16-9-20(16)24(17)14-34-28)22(13-27(23)36-7-3-6-35-36)19-4-1-2-5-25(19)29(31,32)33;2-1-3/h1-7,10-12,14,16,20,22,27H,8-9,13,15H2;1H,(H,2,3). The van der Waals surface area contributed by atoms with Gasteiger partial charge in [0.1, 0.15) is 12.4 Å². The van der Waals surface area contributed by atoms with Crippen LogP contribution in [0.3, 0.4) is 0 Å². The van der Waals surface area contributed by atoms with Crippen molar-refractivity contribution in [2.24, 2.45) is 5.92 Å². The van der Waals surface area contributed by atoms with Crippen molar-refractivity contribution in [3.63, 3.8) is 0 Å². The fraction of sp³-hybridized carbons (Fsp3) is 0.300. The molecule has 2 aromatic heterocycles. The van der Waals surface area contributed by atoms with Crippen molar-refractivity contribution in [2.45, 2.75) is 49.9 Å². The third-order valence-corrected chi connectivity index (χ3v) is 8.11. The highest BCUT2D eigenvalue weighted by molar-refractivity contribution is 5.50. The number of fused-ring (bicyclic) bond motifs is 4. The van der Waals surface area contributed by atoms with Crippen molar-refractivity contribution in [2.75, 3.05) is 0 Å². The number of rotatable bonds is 5. The molecule has 4 atom stereocenters. The predicted molar refractivity (Wildman–Crippen MR) is 136 cm³/mol. The Labute approximate surface area is 227 Å². The molecule has 2 aromatic carbocycles. The van der Waals surface area contributed by atoms with E-state index < -0.39 is 23.5 Å². The quantitative estimate of drug-likeness (QED) is 0.226. The summed E-state index contributed by atoms with van der Waals surface area (Å²) in [4.78, 5) is 12.8. The highest BCUT2D eigenvalue weighted by atomic mass is 19.4. The number of aromatic nitrogens is 3. The van der Waals surface area contributed by atoms with Gasteiger partial charge in [-0.25, -0.2) is 9.37 Å². The third kappa shape index (κ3) is 4.71. The fourth-order valence-corrected chi connectivity index (χ4v) is 6.26.